The Bertz CT molecular complexity index is 936. The topological polar surface area (TPSA) is 82.3 Å². The Morgan fingerprint density at radius 1 is 1.07 bits per heavy atom. The number of nitrogens with zero attached hydrogens (tertiary/aromatic N) is 5. The van der Waals surface area contributed by atoms with E-state index in [1.165, 1.54) is 0 Å². The Hall–Kier alpha value is -3.26. The van der Waals surface area contributed by atoms with E-state index < -0.39 is 5.66 Å². The first-order valence-corrected chi connectivity index (χ1v) is 10.1. The van der Waals surface area contributed by atoms with Crippen molar-refractivity contribution in [3.05, 3.63) is 66.1 Å². The minimum Gasteiger partial charge on any atom is -0.497 e. The molecule has 8 nitrogen and oxygen atoms in total. The normalized spacial score (nSPS) is 21.5. The van der Waals surface area contributed by atoms with Crippen LogP contribution in [0, 0.1) is 0 Å². The van der Waals surface area contributed by atoms with Gasteiger partial charge in [-0.15, -0.1) is 0 Å². The summed E-state index contributed by atoms with van der Waals surface area (Å²) in [7, 11) is 5.64. The van der Waals surface area contributed by atoms with Crippen LogP contribution in [-0.2, 0) is 5.66 Å². The van der Waals surface area contributed by atoms with Gasteiger partial charge in [0.25, 0.3) is 0 Å². The molecule has 1 atom stereocenters. The molecular weight excluding hydrogens is 378 g/mol. The molecule has 1 unspecified atom stereocenters. The fourth-order valence-electron chi connectivity index (χ4n) is 3.69. The summed E-state index contributed by atoms with van der Waals surface area (Å²) in [5.41, 5.74) is 6.72. The molecule has 2 aromatic rings. The Morgan fingerprint density at radius 3 is 2.50 bits per heavy atom. The second-order valence-electron chi connectivity index (χ2n) is 7.70. The van der Waals surface area contributed by atoms with Crippen LogP contribution in [0.25, 0.3) is 0 Å². The van der Waals surface area contributed by atoms with Crippen molar-refractivity contribution >= 4 is 11.8 Å². The molecule has 3 N–H and O–H groups in total. The second-order valence-corrected chi connectivity index (χ2v) is 7.70. The van der Waals surface area contributed by atoms with Gasteiger partial charge in [0, 0.05) is 58.1 Å². The van der Waals surface area contributed by atoms with Crippen molar-refractivity contribution in [3.8, 4) is 5.75 Å². The molecule has 3 heterocycles. The Balaban J connectivity index is 1.58. The molecule has 2 aliphatic heterocycles. The first kappa shape index (κ1) is 20.0. The molecule has 0 spiro atoms. The van der Waals surface area contributed by atoms with Gasteiger partial charge in [-0.2, -0.15) is 0 Å². The molecule has 0 aliphatic carbocycles. The summed E-state index contributed by atoms with van der Waals surface area (Å²) in [6, 6.07) is 13.8. The SMILES string of the molecule is COc1cccc(C2(N)C=C(N(C)C)NC(N3CCN(c4ccccn4)CC3)=N2)c1. The van der Waals surface area contributed by atoms with Crippen molar-refractivity contribution in [3.63, 3.8) is 0 Å². The Morgan fingerprint density at radius 2 is 1.83 bits per heavy atom. The molecule has 1 fully saturated rings. The maximum absolute atomic E-state index is 6.81. The van der Waals surface area contributed by atoms with Crippen LogP contribution in [0.1, 0.15) is 5.56 Å². The monoisotopic (exact) mass is 407 g/mol. The van der Waals surface area contributed by atoms with Gasteiger partial charge in [0.05, 0.1) is 7.11 Å². The van der Waals surface area contributed by atoms with Crippen LogP contribution >= 0.6 is 0 Å². The third kappa shape index (κ3) is 4.04. The quantitative estimate of drug-likeness (QED) is 0.792. The number of nitrogens with one attached hydrogen (secondary N) is 1. The largest absolute Gasteiger partial charge is 0.497 e. The highest BCUT2D eigenvalue weighted by Crippen LogP contribution is 2.29. The van der Waals surface area contributed by atoms with Gasteiger partial charge in [-0.1, -0.05) is 18.2 Å². The number of benzene rings is 1. The summed E-state index contributed by atoms with van der Waals surface area (Å²) in [5, 5.41) is 3.45. The highest BCUT2D eigenvalue weighted by Gasteiger charge is 2.33. The lowest BCUT2D eigenvalue weighted by atomic mass is 9.99. The molecule has 1 aromatic heterocycles. The Labute approximate surface area is 177 Å². The maximum Gasteiger partial charge on any atom is 0.202 e. The van der Waals surface area contributed by atoms with Gasteiger partial charge < -0.3 is 24.8 Å². The number of anilines is 1. The zero-order valence-corrected chi connectivity index (χ0v) is 17.7. The van der Waals surface area contributed by atoms with Crippen LogP contribution in [-0.4, -0.2) is 68.1 Å². The number of aromatic nitrogens is 1. The summed E-state index contributed by atoms with van der Waals surface area (Å²) in [4.78, 5) is 16.0. The fourth-order valence-corrected chi connectivity index (χ4v) is 3.69. The van der Waals surface area contributed by atoms with Gasteiger partial charge in [-0.05, 0) is 24.3 Å². The number of rotatable bonds is 4. The highest BCUT2D eigenvalue weighted by molar-refractivity contribution is 5.83. The van der Waals surface area contributed by atoms with E-state index in [9.17, 15) is 0 Å². The van der Waals surface area contributed by atoms with E-state index >= 15 is 0 Å². The van der Waals surface area contributed by atoms with E-state index in [2.05, 4.69) is 20.1 Å². The first-order chi connectivity index (χ1) is 14.5. The molecule has 1 saturated heterocycles. The number of guanidine groups is 1. The molecular formula is C22H29N7O. The van der Waals surface area contributed by atoms with E-state index in [-0.39, 0.29) is 0 Å². The number of methoxy groups -OCH3 is 1. The third-order valence-electron chi connectivity index (χ3n) is 5.45. The van der Waals surface area contributed by atoms with Gasteiger partial charge in [0.2, 0.25) is 5.96 Å². The molecule has 4 rings (SSSR count). The molecule has 2 aliphatic rings. The van der Waals surface area contributed by atoms with Crippen LogP contribution in [0.5, 0.6) is 5.75 Å². The zero-order chi connectivity index (χ0) is 21.1. The predicted molar refractivity (Wildman–Crippen MR) is 119 cm³/mol. The van der Waals surface area contributed by atoms with Crippen LogP contribution in [0.3, 0.4) is 0 Å². The number of piperazine rings is 1. The van der Waals surface area contributed by atoms with Gasteiger partial charge >= 0.3 is 0 Å². The highest BCUT2D eigenvalue weighted by atomic mass is 16.5. The van der Waals surface area contributed by atoms with Crippen molar-refractivity contribution in [2.45, 2.75) is 5.66 Å². The molecule has 0 amide bonds. The average molecular weight is 408 g/mol. The van der Waals surface area contributed by atoms with Crippen molar-refractivity contribution in [1.82, 2.24) is 20.1 Å². The number of hydrogen-bond acceptors (Lipinski definition) is 8. The third-order valence-corrected chi connectivity index (χ3v) is 5.45. The van der Waals surface area contributed by atoms with Gasteiger partial charge in [-0.3, -0.25) is 5.73 Å². The average Bonchev–Trinajstić information content (AvgIpc) is 2.79. The molecule has 1 aromatic carbocycles. The van der Waals surface area contributed by atoms with E-state index in [1.54, 1.807) is 7.11 Å². The van der Waals surface area contributed by atoms with Gasteiger partial charge in [0.15, 0.2) is 5.66 Å². The van der Waals surface area contributed by atoms with E-state index in [0.717, 1.165) is 55.1 Å². The lowest BCUT2D eigenvalue weighted by molar-refractivity contribution is 0.352. The molecule has 0 saturated carbocycles. The lowest BCUT2D eigenvalue weighted by Crippen LogP contribution is -2.56. The second kappa shape index (κ2) is 8.23. The van der Waals surface area contributed by atoms with Crippen molar-refractivity contribution in [2.75, 3.05) is 52.3 Å². The molecule has 8 heteroatoms. The summed E-state index contributed by atoms with van der Waals surface area (Å²) in [5.74, 6) is 3.47. The number of ether oxygens (including phenoxy) is 1. The van der Waals surface area contributed by atoms with E-state index in [0.29, 0.717) is 0 Å². The van der Waals surface area contributed by atoms with E-state index in [4.69, 9.17) is 15.5 Å². The molecule has 0 radical (unpaired) electrons. The number of aliphatic imine (C=N–C) groups is 1. The van der Waals surface area contributed by atoms with Crippen LogP contribution < -0.4 is 20.7 Å². The molecule has 0 bridgehead atoms. The zero-order valence-electron chi connectivity index (χ0n) is 17.7. The van der Waals surface area contributed by atoms with Crippen LogP contribution in [0.4, 0.5) is 5.82 Å². The molecule has 30 heavy (non-hydrogen) atoms. The minimum atomic E-state index is -0.979. The minimum absolute atomic E-state index is 0.761. The standard InChI is InChI=1S/C22H29N7O/c1-27(2)20-16-22(23,17-7-6-8-18(15-17)30-3)26-21(25-20)29-13-11-28(12-14-29)19-9-4-5-10-24-19/h4-10,15-16H,11-14,23H2,1-3H3,(H,25,26). The molecule has 158 valence electrons. The van der Waals surface area contributed by atoms with Gasteiger partial charge in [-0.25, -0.2) is 9.98 Å². The fraction of sp³-hybridized carbons (Fsp3) is 0.364. The summed E-state index contributed by atoms with van der Waals surface area (Å²) >= 11 is 0. The first-order valence-electron chi connectivity index (χ1n) is 10.1. The van der Waals surface area contributed by atoms with Crippen molar-refractivity contribution in [2.24, 2.45) is 10.7 Å². The number of nitrogens with two attached hydrogens (primary N) is 1. The predicted octanol–water partition coefficient (Wildman–Crippen LogP) is 1.39. The maximum atomic E-state index is 6.81. The van der Waals surface area contributed by atoms with Crippen molar-refractivity contribution < 1.29 is 4.74 Å². The van der Waals surface area contributed by atoms with Gasteiger partial charge in [0.1, 0.15) is 17.4 Å². The number of pyridine rings is 1. The summed E-state index contributed by atoms with van der Waals surface area (Å²) < 4.78 is 5.39. The van der Waals surface area contributed by atoms with Crippen LogP contribution in [0.2, 0.25) is 0 Å². The number of hydrogen-bond donors (Lipinski definition) is 2. The summed E-state index contributed by atoms with van der Waals surface area (Å²) in [6.45, 7) is 3.40. The van der Waals surface area contributed by atoms with Crippen molar-refractivity contribution in [1.29, 1.82) is 0 Å². The lowest BCUT2D eigenvalue weighted by Gasteiger charge is -2.41. The smallest absolute Gasteiger partial charge is 0.202 e. The van der Waals surface area contributed by atoms with Crippen LogP contribution in [0.15, 0.2) is 65.6 Å². The Kier molecular flexibility index (Phi) is 5.50. The summed E-state index contributed by atoms with van der Waals surface area (Å²) in [6.07, 6.45) is 3.79. The van der Waals surface area contributed by atoms with E-state index in [1.807, 2.05) is 73.7 Å².